The van der Waals surface area contributed by atoms with Crippen molar-refractivity contribution in [2.75, 3.05) is 26.4 Å². The third-order valence-electron chi connectivity index (χ3n) is 3.50. The van der Waals surface area contributed by atoms with Crippen LogP contribution in [0.25, 0.3) is 0 Å². The first-order valence-electron chi connectivity index (χ1n) is 6.40. The van der Waals surface area contributed by atoms with Gasteiger partial charge in [-0.2, -0.15) is 10.5 Å². The van der Waals surface area contributed by atoms with Crippen LogP contribution in [0, 0.1) is 22.9 Å². The fourth-order valence-corrected chi connectivity index (χ4v) is 2.23. The zero-order valence-corrected chi connectivity index (χ0v) is 12.0. The largest absolute Gasteiger partial charge is 0.332 e. The van der Waals surface area contributed by atoms with Crippen LogP contribution >= 0.6 is 0 Å². The van der Waals surface area contributed by atoms with Gasteiger partial charge in [0.2, 0.25) is 0 Å². The van der Waals surface area contributed by atoms with Crippen molar-refractivity contribution in [1.82, 2.24) is 5.32 Å². The van der Waals surface area contributed by atoms with Crippen LogP contribution in [-0.2, 0) is 4.74 Å². The molecule has 18 heavy (non-hydrogen) atoms. The van der Waals surface area contributed by atoms with E-state index in [1.807, 2.05) is 0 Å². The Labute approximate surface area is 111 Å². The monoisotopic (exact) mass is 253 g/mol. The minimum absolute atomic E-state index is 0.339. The zero-order valence-electron chi connectivity index (χ0n) is 12.0. The molecule has 1 heterocycles. The van der Waals surface area contributed by atoms with Gasteiger partial charge < -0.3 is 4.74 Å². The Morgan fingerprint density at radius 2 is 1.67 bits per heavy atom. The third kappa shape index (κ3) is 4.91. The van der Waals surface area contributed by atoms with E-state index in [9.17, 15) is 0 Å². The molecule has 0 aliphatic carbocycles. The van der Waals surface area contributed by atoms with Gasteiger partial charge in [-0.05, 0) is 27.7 Å². The molecule has 1 N–H and O–H groups in total. The van der Waals surface area contributed by atoms with Gasteiger partial charge in [-0.1, -0.05) is 0 Å². The number of likely N-dealkylation sites (tertiary alicyclic amines) is 1. The summed E-state index contributed by atoms with van der Waals surface area (Å²) in [5.74, 6) is 0. The number of quaternary nitrogens is 1. The predicted octanol–water partition coefficient (Wildman–Crippen LogP) is 1.93. The second-order valence-electron chi connectivity index (χ2n) is 5.44. The molecule has 0 aromatic rings. The Balaban J connectivity index is 0.000000494. The highest BCUT2D eigenvalue weighted by Gasteiger charge is 2.42. The maximum absolute atomic E-state index is 7.48. The number of nitrogens with one attached hydrogen (secondary N) is 1. The smallest absolute Gasteiger partial charge is 0.190 e. The van der Waals surface area contributed by atoms with Crippen molar-refractivity contribution < 1.29 is 9.22 Å². The van der Waals surface area contributed by atoms with Crippen LogP contribution in [0.15, 0.2) is 0 Å². The van der Waals surface area contributed by atoms with Crippen molar-refractivity contribution in [3.05, 3.63) is 0 Å². The maximum Gasteiger partial charge on any atom is 0.190 e. The average Bonchev–Trinajstić information content (AvgIpc) is 2.77. The van der Waals surface area contributed by atoms with Crippen molar-refractivity contribution in [2.24, 2.45) is 0 Å². The first-order chi connectivity index (χ1) is 8.43. The van der Waals surface area contributed by atoms with Crippen molar-refractivity contribution >= 4 is 0 Å². The van der Waals surface area contributed by atoms with Crippen LogP contribution in [0.5, 0.6) is 0 Å². The van der Waals surface area contributed by atoms with Crippen LogP contribution in [0.2, 0.25) is 0 Å². The van der Waals surface area contributed by atoms with Gasteiger partial charge >= 0.3 is 0 Å². The van der Waals surface area contributed by atoms with E-state index >= 15 is 0 Å². The molecule has 1 aliphatic rings. The summed E-state index contributed by atoms with van der Waals surface area (Å²) in [6, 6.07) is 0. The number of ether oxygens (including phenoxy) is 1. The summed E-state index contributed by atoms with van der Waals surface area (Å²) >= 11 is 0. The van der Waals surface area contributed by atoms with Gasteiger partial charge in [0.05, 0.1) is 18.6 Å². The molecule has 102 valence electrons. The molecule has 1 saturated heterocycles. The normalized spacial score (nSPS) is 17.0. The van der Waals surface area contributed by atoms with E-state index in [-0.39, 0.29) is 0 Å². The van der Waals surface area contributed by atoms with E-state index in [0.29, 0.717) is 5.54 Å². The van der Waals surface area contributed by atoms with Crippen LogP contribution in [-0.4, -0.2) is 36.4 Å². The molecule has 0 spiro atoms. The lowest BCUT2D eigenvalue weighted by atomic mass is 10.0. The number of nitriles is 2. The molecule has 0 amide bonds. The number of nitrogens with zero attached hydrogens (tertiary/aromatic N) is 3. The molecule has 0 radical (unpaired) electrons. The number of hydrogen-bond acceptors (Lipinski definition) is 4. The molecule has 1 fully saturated rings. The van der Waals surface area contributed by atoms with E-state index in [1.54, 1.807) is 5.32 Å². The lowest BCUT2D eigenvalue weighted by Crippen LogP contribution is -2.59. The maximum atomic E-state index is 7.48. The Kier molecular flexibility index (Phi) is 7.35. The van der Waals surface area contributed by atoms with Crippen LogP contribution in [0.4, 0.5) is 0 Å². The molecule has 0 saturated carbocycles. The molecule has 0 bridgehead atoms. The molecule has 0 aromatic heterocycles. The average molecular weight is 253 g/mol. The standard InChI is InChI=1S/C11H24NO.C2HN3/c1-5-13-10-12(11(2,3)4)8-6-7-9-12;3-1-5-2-4/h5-10H2,1-4H3;5H/q+1;. The van der Waals surface area contributed by atoms with Gasteiger partial charge in [0, 0.05) is 19.4 Å². The fourth-order valence-electron chi connectivity index (χ4n) is 2.23. The quantitative estimate of drug-likeness (QED) is 0.474. The van der Waals surface area contributed by atoms with Crippen molar-refractivity contribution in [3.63, 3.8) is 0 Å². The van der Waals surface area contributed by atoms with Gasteiger partial charge in [-0.3, -0.25) is 4.48 Å². The lowest BCUT2D eigenvalue weighted by Gasteiger charge is -2.45. The van der Waals surface area contributed by atoms with Crippen LogP contribution < -0.4 is 5.32 Å². The third-order valence-corrected chi connectivity index (χ3v) is 3.50. The lowest BCUT2D eigenvalue weighted by molar-refractivity contribution is -0.976. The zero-order chi connectivity index (χ0) is 14.1. The Morgan fingerprint density at radius 1 is 1.17 bits per heavy atom. The molecule has 0 aromatic carbocycles. The van der Waals surface area contributed by atoms with E-state index in [2.05, 4.69) is 27.7 Å². The predicted molar refractivity (Wildman–Crippen MR) is 69.8 cm³/mol. The highest BCUT2D eigenvalue weighted by Crippen LogP contribution is 2.30. The highest BCUT2D eigenvalue weighted by atomic mass is 16.5. The second-order valence-corrected chi connectivity index (χ2v) is 5.44. The van der Waals surface area contributed by atoms with Gasteiger partial charge in [-0.15, -0.1) is 0 Å². The summed E-state index contributed by atoms with van der Waals surface area (Å²) in [5, 5.41) is 16.7. The molecule has 5 heteroatoms. The molecule has 1 rings (SSSR count). The summed E-state index contributed by atoms with van der Waals surface area (Å²) in [6.07, 6.45) is 5.54. The van der Waals surface area contributed by atoms with E-state index < -0.39 is 0 Å². The minimum atomic E-state index is 0.339. The molecular weight excluding hydrogens is 228 g/mol. The van der Waals surface area contributed by atoms with Crippen molar-refractivity contribution in [1.29, 1.82) is 10.5 Å². The van der Waals surface area contributed by atoms with E-state index in [4.69, 9.17) is 15.3 Å². The topological polar surface area (TPSA) is 68.8 Å². The molecule has 0 unspecified atom stereocenters. The van der Waals surface area contributed by atoms with E-state index in [1.165, 1.54) is 38.3 Å². The van der Waals surface area contributed by atoms with Gasteiger partial charge in [0.25, 0.3) is 0 Å². The Hall–Kier alpha value is -1.30. The summed E-state index contributed by atoms with van der Waals surface area (Å²) in [7, 11) is 0. The fraction of sp³-hybridized carbons (Fsp3) is 0.846. The Bertz CT molecular complexity index is 290. The molecule has 0 atom stereocenters. The molecule has 5 nitrogen and oxygen atoms in total. The summed E-state index contributed by atoms with van der Waals surface area (Å²) in [6.45, 7) is 13.4. The minimum Gasteiger partial charge on any atom is -0.332 e. The van der Waals surface area contributed by atoms with Gasteiger partial charge in [0.1, 0.15) is 0 Å². The summed E-state index contributed by atoms with van der Waals surface area (Å²) < 4.78 is 6.77. The van der Waals surface area contributed by atoms with Crippen molar-refractivity contribution in [3.8, 4) is 12.4 Å². The van der Waals surface area contributed by atoms with Crippen molar-refractivity contribution in [2.45, 2.75) is 46.1 Å². The summed E-state index contributed by atoms with van der Waals surface area (Å²) in [5.41, 5.74) is 0.339. The Morgan fingerprint density at radius 3 is 1.94 bits per heavy atom. The number of hydrogen-bond donors (Lipinski definition) is 1. The SMILES string of the molecule is CCOC[N+]1(C(C)(C)C)CCCC1.N#CNC#N. The molecular formula is C13H25N4O+. The first-order valence-corrected chi connectivity index (χ1v) is 6.40. The number of rotatable bonds is 3. The highest BCUT2D eigenvalue weighted by molar-refractivity contribution is 4.77. The van der Waals surface area contributed by atoms with Crippen LogP contribution in [0.3, 0.4) is 0 Å². The second kappa shape index (κ2) is 7.92. The van der Waals surface area contributed by atoms with E-state index in [0.717, 1.165) is 17.8 Å². The van der Waals surface area contributed by atoms with Gasteiger partial charge in [-0.25, -0.2) is 5.32 Å². The van der Waals surface area contributed by atoms with Gasteiger partial charge in [0.15, 0.2) is 19.1 Å². The first kappa shape index (κ1) is 16.7. The molecule has 1 aliphatic heterocycles. The summed E-state index contributed by atoms with van der Waals surface area (Å²) in [4.78, 5) is 0. The van der Waals surface area contributed by atoms with Crippen LogP contribution in [0.1, 0.15) is 40.5 Å².